The van der Waals surface area contributed by atoms with Crippen LogP contribution in [0.3, 0.4) is 0 Å². The van der Waals surface area contributed by atoms with E-state index in [4.69, 9.17) is 11.6 Å². The summed E-state index contributed by atoms with van der Waals surface area (Å²) in [6.45, 7) is 0.444. The van der Waals surface area contributed by atoms with Crippen LogP contribution in [0.2, 0.25) is 5.15 Å². The van der Waals surface area contributed by atoms with Gasteiger partial charge in [-0.15, -0.1) is 11.3 Å². The monoisotopic (exact) mass is 439 g/mol. The van der Waals surface area contributed by atoms with Crippen molar-refractivity contribution in [2.75, 3.05) is 5.75 Å². The first-order chi connectivity index (χ1) is 12.9. The van der Waals surface area contributed by atoms with Crippen molar-refractivity contribution in [2.45, 2.75) is 13.0 Å². The molecule has 0 fully saturated rings. The van der Waals surface area contributed by atoms with Crippen molar-refractivity contribution < 1.29 is 17.5 Å². The largest absolute Gasteiger partial charge is 0.748 e. The molecule has 1 aromatic carbocycles. The van der Waals surface area contributed by atoms with Gasteiger partial charge in [-0.3, -0.25) is 4.40 Å². The lowest BCUT2D eigenvalue weighted by Gasteiger charge is -2.04. The van der Waals surface area contributed by atoms with Crippen LogP contribution in [0.25, 0.3) is 27.3 Å². The molecule has 0 aliphatic carbocycles. The van der Waals surface area contributed by atoms with Crippen molar-refractivity contribution in [1.29, 1.82) is 0 Å². The van der Waals surface area contributed by atoms with E-state index in [9.17, 15) is 13.0 Å². The Morgan fingerprint density at radius 2 is 2.11 bits per heavy atom. The minimum absolute atomic E-state index is 0.264. The summed E-state index contributed by atoms with van der Waals surface area (Å²) in [5.41, 5.74) is 1.80. The Kier molecular flexibility index (Phi) is 5.04. The van der Waals surface area contributed by atoms with Crippen LogP contribution in [-0.4, -0.2) is 28.1 Å². The van der Waals surface area contributed by atoms with Crippen LogP contribution < -0.4 is 4.57 Å². The smallest absolute Gasteiger partial charge is 0.262 e. The number of imidazole rings is 1. The first-order valence-electron chi connectivity index (χ1n) is 8.06. The summed E-state index contributed by atoms with van der Waals surface area (Å²) < 4.78 is 37.8. The molecule has 10 heteroatoms. The highest BCUT2D eigenvalue weighted by Gasteiger charge is 2.19. The number of thiazole rings is 2. The van der Waals surface area contributed by atoms with Crippen LogP contribution >= 0.6 is 34.3 Å². The molecule has 3 aromatic heterocycles. The van der Waals surface area contributed by atoms with E-state index in [1.165, 1.54) is 11.3 Å². The van der Waals surface area contributed by atoms with Crippen LogP contribution in [-0.2, 0) is 16.7 Å². The zero-order valence-electron chi connectivity index (χ0n) is 13.9. The quantitative estimate of drug-likeness (QED) is 0.339. The van der Waals surface area contributed by atoms with E-state index in [0.717, 1.165) is 25.9 Å². The first-order valence-corrected chi connectivity index (χ1v) is 11.7. The average molecular weight is 440 g/mol. The van der Waals surface area contributed by atoms with Gasteiger partial charge in [0.25, 0.3) is 5.01 Å². The minimum Gasteiger partial charge on any atom is -0.748 e. The normalized spacial score (nSPS) is 12.7. The van der Waals surface area contributed by atoms with Gasteiger partial charge in [-0.25, -0.2) is 13.4 Å². The highest BCUT2D eigenvalue weighted by atomic mass is 35.5. The van der Waals surface area contributed by atoms with Gasteiger partial charge in [0.15, 0.2) is 16.7 Å². The molecule has 0 saturated carbocycles. The highest BCUT2D eigenvalue weighted by Crippen LogP contribution is 2.25. The van der Waals surface area contributed by atoms with Gasteiger partial charge in [-0.2, -0.15) is 4.57 Å². The molecule has 0 radical (unpaired) electrons. The molecule has 0 amide bonds. The van der Waals surface area contributed by atoms with Crippen molar-refractivity contribution >= 4 is 71.7 Å². The van der Waals surface area contributed by atoms with E-state index in [0.29, 0.717) is 11.7 Å². The van der Waals surface area contributed by atoms with Gasteiger partial charge in [0.1, 0.15) is 4.70 Å². The van der Waals surface area contributed by atoms with Gasteiger partial charge in [-0.05, 0) is 12.1 Å². The molecule has 0 atom stereocenters. The van der Waals surface area contributed by atoms with Crippen LogP contribution in [0.15, 0.2) is 35.8 Å². The number of rotatable bonds is 6. The number of para-hydroxylation sites is 1. The summed E-state index contributed by atoms with van der Waals surface area (Å²) >= 11 is 9.35. The van der Waals surface area contributed by atoms with Crippen LogP contribution in [0.5, 0.6) is 0 Å². The number of nitrogens with zero attached hydrogens (tertiary/aromatic N) is 3. The fraction of sp³-hybridized carbons (Fsp3) is 0.176. The summed E-state index contributed by atoms with van der Waals surface area (Å²) in [4.78, 5) is 5.14. The number of fused-ring (bicyclic) bond motifs is 2. The Morgan fingerprint density at radius 3 is 2.93 bits per heavy atom. The number of benzene rings is 1. The predicted octanol–water partition coefficient (Wildman–Crippen LogP) is 3.66. The molecule has 0 aliphatic rings. The first kappa shape index (κ1) is 18.6. The van der Waals surface area contributed by atoms with E-state index in [-0.39, 0.29) is 12.2 Å². The van der Waals surface area contributed by atoms with E-state index >= 15 is 0 Å². The molecule has 4 aromatic rings. The minimum atomic E-state index is -4.22. The van der Waals surface area contributed by atoms with Crippen LogP contribution in [0, 0.1) is 0 Å². The molecule has 0 unspecified atom stereocenters. The lowest BCUT2D eigenvalue weighted by Crippen LogP contribution is -2.35. The maximum Gasteiger partial charge on any atom is 0.262 e. The molecular weight excluding hydrogens is 426 g/mol. The van der Waals surface area contributed by atoms with Gasteiger partial charge in [0, 0.05) is 35.9 Å². The summed E-state index contributed by atoms with van der Waals surface area (Å²) in [6.07, 6.45) is 6.03. The molecule has 0 saturated heterocycles. The van der Waals surface area contributed by atoms with E-state index in [1.807, 2.05) is 57.0 Å². The molecule has 6 nitrogen and oxygen atoms in total. The van der Waals surface area contributed by atoms with Crippen molar-refractivity contribution in [3.63, 3.8) is 0 Å². The standard InChI is InChI=1S/C17H14ClN3O3S3/c18-16-13(21-9-10-25-17(21)19-16)6-7-15-20(8-3-11-27(22,23)24)12-4-1-2-5-14(12)26-15/h1-2,4-7,9-10H,3,8,11H2. The highest BCUT2D eigenvalue weighted by molar-refractivity contribution is 7.85. The van der Waals surface area contributed by atoms with E-state index in [2.05, 4.69) is 4.98 Å². The second-order valence-corrected chi connectivity index (χ2v) is 9.67. The molecule has 0 bridgehead atoms. The van der Waals surface area contributed by atoms with E-state index in [1.54, 1.807) is 11.3 Å². The molecule has 140 valence electrons. The number of aryl methyl sites for hydroxylation is 1. The number of aromatic nitrogens is 3. The Bertz CT molecular complexity index is 1250. The third kappa shape index (κ3) is 3.92. The molecule has 0 spiro atoms. The van der Waals surface area contributed by atoms with Crippen molar-refractivity contribution in [3.05, 3.63) is 51.7 Å². The van der Waals surface area contributed by atoms with E-state index < -0.39 is 10.1 Å². The molecule has 0 aliphatic heterocycles. The molecule has 0 N–H and O–H groups in total. The summed E-state index contributed by atoms with van der Waals surface area (Å²) in [5, 5.41) is 3.32. The predicted molar refractivity (Wildman–Crippen MR) is 108 cm³/mol. The Labute approximate surface area is 168 Å². The summed E-state index contributed by atoms with van der Waals surface area (Å²) in [6, 6.07) is 7.90. The van der Waals surface area contributed by atoms with Crippen molar-refractivity contribution in [1.82, 2.24) is 9.38 Å². The molecule has 4 rings (SSSR count). The molecule has 27 heavy (non-hydrogen) atoms. The fourth-order valence-electron chi connectivity index (χ4n) is 2.88. The third-order valence-electron chi connectivity index (χ3n) is 4.05. The Balaban J connectivity index is 1.71. The zero-order valence-corrected chi connectivity index (χ0v) is 17.1. The lowest BCUT2D eigenvalue weighted by molar-refractivity contribution is -0.668. The maximum absolute atomic E-state index is 10.9. The van der Waals surface area contributed by atoms with Crippen molar-refractivity contribution in [2.24, 2.45) is 0 Å². The number of hydrogen-bond acceptors (Lipinski definition) is 6. The summed E-state index contributed by atoms with van der Waals surface area (Å²) in [7, 11) is -4.22. The zero-order chi connectivity index (χ0) is 19.0. The van der Waals surface area contributed by atoms with Crippen LogP contribution in [0.1, 0.15) is 17.1 Å². The van der Waals surface area contributed by atoms with Crippen molar-refractivity contribution in [3.8, 4) is 0 Å². The Hall–Kier alpha value is -1.78. The van der Waals surface area contributed by atoms with Crippen LogP contribution in [0.4, 0.5) is 0 Å². The third-order valence-corrected chi connectivity index (χ3v) is 7.00. The maximum atomic E-state index is 10.9. The van der Waals surface area contributed by atoms with Gasteiger partial charge in [0.2, 0.25) is 5.52 Å². The second kappa shape index (κ2) is 7.33. The molecule has 3 heterocycles. The summed E-state index contributed by atoms with van der Waals surface area (Å²) in [5.74, 6) is -0.378. The van der Waals surface area contributed by atoms with Gasteiger partial charge < -0.3 is 4.55 Å². The SMILES string of the molecule is O=S(=O)([O-])CCC[n+]1c(/C=C/c2c(Cl)nc3sccn23)sc2ccccc21. The second-order valence-electron chi connectivity index (χ2n) is 5.85. The fourth-order valence-corrected chi connectivity index (χ4v) is 5.46. The van der Waals surface area contributed by atoms with Gasteiger partial charge in [0.05, 0.1) is 15.8 Å². The topological polar surface area (TPSA) is 78.4 Å². The van der Waals surface area contributed by atoms with Gasteiger partial charge >= 0.3 is 0 Å². The van der Waals surface area contributed by atoms with Gasteiger partial charge in [-0.1, -0.05) is 35.1 Å². The Morgan fingerprint density at radius 1 is 1.30 bits per heavy atom. The average Bonchev–Trinajstić information content (AvgIpc) is 3.26. The molecular formula is C17H14ClN3O3S3. The number of halogens is 1. The number of hydrogen-bond donors (Lipinski definition) is 0. The lowest BCUT2D eigenvalue weighted by atomic mass is 10.3.